The van der Waals surface area contributed by atoms with Crippen molar-refractivity contribution in [3.05, 3.63) is 47.5 Å². The van der Waals surface area contributed by atoms with E-state index in [0.29, 0.717) is 19.0 Å². The minimum Gasteiger partial charge on any atom is -0.497 e. The Kier molecular flexibility index (Phi) is 11.0. The molecule has 7 nitrogen and oxygen atoms in total. The molecule has 0 radical (unpaired) electrons. The summed E-state index contributed by atoms with van der Waals surface area (Å²) in [5.74, 6) is 3.89. The van der Waals surface area contributed by atoms with Gasteiger partial charge in [-0.1, -0.05) is 0 Å². The molecule has 0 aliphatic rings. The van der Waals surface area contributed by atoms with Gasteiger partial charge in [-0.3, -0.25) is 4.99 Å². The molecule has 29 heavy (non-hydrogen) atoms. The number of ether oxygens (including phenoxy) is 4. The Labute approximate surface area is 189 Å². The minimum absolute atomic E-state index is 0. The predicted octanol–water partition coefficient (Wildman–Crippen LogP) is 3.25. The third-order valence-electron chi connectivity index (χ3n) is 4.34. The molecule has 0 saturated heterocycles. The average Bonchev–Trinajstić information content (AvgIpc) is 2.75. The highest BCUT2D eigenvalue weighted by Gasteiger charge is 2.08. The van der Waals surface area contributed by atoms with Crippen LogP contribution in [0.3, 0.4) is 0 Å². The van der Waals surface area contributed by atoms with Gasteiger partial charge in [0.25, 0.3) is 0 Å². The van der Waals surface area contributed by atoms with Crippen molar-refractivity contribution in [2.45, 2.75) is 13.0 Å². The molecule has 0 aliphatic heterocycles. The number of methoxy groups -OCH3 is 4. The lowest BCUT2D eigenvalue weighted by molar-refractivity contribution is 0.390. The summed E-state index contributed by atoms with van der Waals surface area (Å²) in [6.07, 6.45) is 0.771. The monoisotopic (exact) mass is 515 g/mol. The van der Waals surface area contributed by atoms with Crippen molar-refractivity contribution in [1.82, 2.24) is 10.6 Å². The van der Waals surface area contributed by atoms with Crippen LogP contribution in [0.1, 0.15) is 11.1 Å². The predicted molar refractivity (Wildman–Crippen MR) is 126 cm³/mol. The number of hydrogen-bond acceptors (Lipinski definition) is 5. The third kappa shape index (κ3) is 7.19. The summed E-state index contributed by atoms with van der Waals surface area (Å²) in [5, 5.41) is 6.61. The molecule has 0 spiro atoms. The van der Waals surface area contributed by atoms with Gasteiger partial charge < -0.3 is 29.6 Å². The van der Waals surface area contributed by atoms with Crippen molar-refractivity contribution in [2.75, 3.05) is 42.0 Å². The van der Waals surface area contributed by atoms with Crippen LogP contribution >= 0.6 is 24.0 Å². The largest absolute Gasteiger partial charge is 0.497 e. The molecule has 0 bridgehead atoms. The Hall–Kier alpha value is -2.36. The molecule has 160 valence electrons. The van der Waals surface area contributed by atoms with Crippen LogP contribution in [0, 0.1) is 0 Å². The number of benzene rings is 2. The lowest BCUT2D eigenvalue weighted by atomic mass is 10.1. The summed E-state index contributed by atoms with van der Waals surface area (Å²) >= 11 is 0. The van der Waals surface area contributed by atoms with Crippen LogP contribution in [0.25, 0.3) is 0 Å². The Bertz CT molecular complexity index is 799. The zero-order valence-corrected chi connectivity index (χ0v) is 19.9. The van der Waals surface area contributed by atoms with Gasteiger partial charge in [0.2, 0.25) is 0 Å². The van der Waals surface area contributed by atoms with Crippen LogP contribution in [0.15, 0.2) is 41.4 Å². The maximum Gasteiger partial charge on any atom is 0.191 e. The van der Waals surface area contributed by atoms with Gasteiger partial charge in [0.15, 0.2) is 5.96 Å². The summed E-state index contributed by atoms with van der Waals surface area (Å²) < 4.78 is 21.4. The number of nitrogens with zero attached hydrogens (tertiary/aromatic N) is 1. The van der Waals surface area contributed by atoms with Crippen molar-refractivity contribution in [2.24, 2.45) is 4.99 Å². The molecule has 8 heteroatoms. The fraction of sp³-hybridized carbons (Fsp3) is 0.381. The zero-order valence-electron chi connectivity index (χ0n) is 17.6. The SMILES string of the molecule is CN=C(NCCc1cc(OC)ccc1OC)NCc1ccc(OC)cc1OC.I. The van der Waals surface area contributed by atoms with Crippen LogP contribution < -0.4 is 29.6 Å². The highest BCUT2D eigenvalue weighted by molar-refractivity contribution is 14.0. The number of aliphatic imine (C=N–C) groups is 1. The van der Waals surface area contributed by atoms with E-state index in [1.807, 2.05) is 36.4 Å². The minimum atomic E-state index is 0. The number of nitrogens with one attached hydrogen (secondary N) is 2. The molecule has 0 heterocycles. The second-order valence-electron chi connectivity index (χ2n) is 5.96. The van der Waals surface area contributed by atoms with E-state index in [-0.39, 0.29) is 24.0 Å². The van der Waals surface area contributed by atoms with Gasteiger partial charge in [-0.25, -0.2) is 0 Å². The highest BCUT2D eigenvalue weighted by Crippen LogP contribution is 2.25. The second kappa shape index (κ2) is 13.0. The normalized spacial score (nSPS) is 10.6. The zero-order chi connectivity index (χ0) is 20.4. The molecular weight excluding hydrogens is 485 g/mol. The average molecular weight is 515 g/mol. The van der Waals surface area contributed by atoms with E-state index < -0.39 is 0 Å². The van der Waals surface area contributed by atoms with Crippen molar-refractivity contribution < 1.29 is 18.9 Å². The van der Waals surface area contributed by atoms with Gasteiger partial charge in [-0.2, -0.15) is 0 Å². The van der Waals surface area contributed by atoms with Gasteiger partial charge >= 0.3 is 0 Å². The molecule has 2 N–H and O–H groups in total. The summed E-state index contributed by atoms with van der Waals surface area (Å²) in [4.78, 5) is 4.27. The van der Waals surface area contributed by atoms with E-state index in [4.69, 9.17) is 18.9 Å². The van der Waals surface area contributed by atoms with E-state index >= 15 is 0 Å². The first-order chi connectivity index (χ1) is 13.6. The van der Waals surface area contributed by atoms with E-state index in [1.54, 1.807) is 35.5 Å². The van der Waals surface area contributed by atoms with E-state index in [2.05, 4.69) is 15.6 Å². The summed E-state index contributed by atoms with van der Waals surface area (Å²) in [6, 6.07) is 11.5. The van der Waals surface area contributed by atoms with E-state index in [0.717, 1.165) is 40.5 Å². The fourth-order valence-electron chi connectivity index (χ4n) is 2.79. The molecule has 2 rings (SSSR count). The van der Waals surface area contributed by atoms with Gasteiger partial charge in [-0.05, 0) is 42.3 Å². The van der Waals surface area contributed by atoms with Crippen LogP contribution in [0.4, 0.5) is 0 Å². The van der Waals surface area contributed by atoms with Crippen molar-refractivity contribution >= 4 is 29.9 Å². The first-order valence-electron chi connectivity index (χ1n) is 9.01. The summed E-state index contributed by atoms with van der Waals surface area (Å²) in [7, 11) is 8.35. The lowest BCUT2D eigenvalue weighted by Crippen LogP contribution is -2.37. The molecule has 0 amide bonds. The van der Waals surface area contributed by atoms with Gasteiger partial charge in [-0.15, -0.1) is 24.0 Å². The molecule has 0 saturated carbocycles. The quantitative estimate of drug-likeness (QED) is 0.304. The van der Waals surface area contributed by atoms with Crippen molar-refractivity contribution in [1.29, 1.82) is 0 Å². The Morgan fingerprint density at radius 2 is 1.45 bits per heavy atom. The maximum atomic E-state index is 5.43. The Morgan fingerprint density at radius 3 is 2.07 bits per heavy atom. The Balaban J connectivity index is 0.00000420. The molecule has 0 fully saturated rings. The molecular formula is C21H30IN3O4. The smallest absolute Gasteiger partial charge is 0.191 e. The van der Waals surface area contributed by atoms with Gasteiger partial charge in [0.1, 0.15) is 23.0 Å². The van der Waals surface area contributed by atoms with E-state index in [9.17, 15) is 0 Å². The summed E-state index contributed by atoms with van der Waals surface area (Å²) in [6.45, 7) is 1.28. The van der Waals surface area contributed by atoms with Crippen LogP contribution in [-0.2, 0) is 13.0 Å². The molecule has 0 atom stereocenters. The summed E-state index contributed by atoms with van der Waals surface area (Å²) in [5.41, 5.74) is 2.09. The van der Waals surface area contributed by atoms with Crippen LogP contribution in [-0.4, -0.2) is 48.0 Å². The lowest BCUT2D eigenvalue weighted by Gasteiger charge is -2.15. The second-order valence-corrected chi connectivity index (χ2v) is 5.96. The van der Waals surface area contributed by atoms with Gasteiger partial charge in [0.05, 0.1) is 28.4 Å². The molecule has 0 aromatic heterocycles. The van der Waals surface area contributed by atoms with Gasteiger partial charge in [0, 0.05) is 31.8 Å². The first-order valence-corrected chi connectivity index (χ1v) is 9.01. The first kappa shape index (κ1) is 24.7. The van der Waals surface area contributed by atoms with Crippen molar-refractivity contribution in [3.8, 4) is 23.0 Å². The van der Waals surface area contributed by atoms with E-state index in [1.165, 1.54) is 0 Å². The third-order valence-corrected chi connectivity index (χ3v) is 4.34. The highest BCUT2D eigenvalue weighted by atomic mass is 127. The maximum absolute atomic E-state index is 5.43. The number of guanidine groups is 1. The number of hydrogen-bond donors (Lipinski definition) is 2. The molecule has 0 aliphatic carbocycles. The fourth-order valence-corrected chi connectivity index (χ4v) is 2.79. The topological polar surface area (TPSA) is 73.3 Å². The van der Waals surface area contributed by atoms with Crippen molar-refractivity contribution in [3.63, 3.8) is 0 Å². The van der Waals surface area contributed by atoms with Crippen LogP contribution in [0.2, 0.25) is 0 Å². The molecule has 0 unspecified atom stereocenters. The standard InChI is InChI=1S/C21H29N3O4.HI/c1-22-21(24-14-16-6-7-18(26-3)13-20(16)28-5)23-11-10-15-12-17(25-2)8-9-19(15)27-4;/h6-9,12-13H,10-11,14H2,1-5H3,(H2,22,23,24);1H. The molecule has 2 aromatic rings. The number of rotatable bonds is 9. The van der Waals surface area contributed by atoms with Crippen LogP contribution in [0.5, 0.6) is 23.0 Å². The number of halogens is 1. The molecule has 2 aromatic carbocycles. The Morgan fingerprint density at radius 1 is 0.793 bits per heavy atom.